The fraction of sp³-hybridized carbons (Fsp3) is 0.857. The second-order valence-electron chi connectivity index (χ2n) is 2.84. The minimum Gasteiger partial charge on any atom is -0.391 e. The highest BCUT2D eigenvalue weighted by atomic mass is 16.4. The van der Waals surface area contributed by atoms with Crippen LogP contribution in [0.25, 0.3) is 0 Å². The summed E-state index contributed by atoms with van der Waals surface area (Å²) in [5.74, 6) is 0. The molecule has 5 atom stereocenters. The van der Waals surface area contributed by atoms with Gasteiger partial charge in [-0.2, -0.15) is 0 Å². The van der Waals surface area contributed by atoms with E-state index in [4.69, 9.17) is 25.5 Å². The van der Waals surface area contributed by atoms with Gasteiger partial charge in [0.15, 0.2) is 6.29 Å². The van der Waals surface area contributed by atoms with Gasteiger partial charge in [-0.25, -0.2) is 0 Å². The molecule has 6 heteroatoms. The van der Waals surface area contributed by atoms with Crippen molar-refractivity contribution in [2.24, 2.45) is 0 Å². The van der Waals surface area contributed by atoms with Crippen molar-refractivity contribution in [2.45, 2.75) is 37.4 Å². The maximum absolute atomic E-state index is 9.98. The molecule has 0 aromatic carbocycles. The smallest absolute Gasteiger partial charge is 0.151 e. The third-order valence-electron chi connectivity index (χ3n) is 1.68. The third kappa shape index (κ3) is 3.37. The van der Waals surface area contributed by atoms with E-state index in [9.17, 15) is 4.79 Å². The first-order valence-corrected chi connectivity index (χ1v) is 3.77. The van der Waals surface area contributed by atoms with Crippen molar-refractivity contribution in [1.29, 1.82) is 0 Å². The molecule has 0 bridgehead atoms. The number of rotatable bonds is 5. The Labute approximate surface area is 75.1 Å². The van der Waals surface area contributed by atoms with E-state index in [1.165, 1.54) is 6.92 Å². The Morgan fingerprint density at radius 1 is 0.923 bits per heavy atom. The van der Waals surface area contributed by atoms with Gasteiger partial charge in [-0.1, -0.05) is 0 Å². The lowest BCUT2D eigenvalue weighted by molar-refractivity contribution is -0.142. The summed E-state index contributed by atoms with van der Waals surface area (Å²) in [7, 11) is 0. The van der Waals surface area contributed by atoms with Crippen molar-refractivity contribution < 1.29 is 30.3 Å². The van der Waals surface area contributed by atoms with E-state index in [1.54, 1.807) is 0 Å². The average molecular weight is 194 g/mol. The zero-order valence-corrected chi connectivity index (χ0v) is 7.11. The molecule has 0 aromatic heterocycles. The van der Waals surface area contributed by atoms with Crippen LogP contribution in [0.4, 0.5) is 0 Å². The van der Waals surface area contributed by atoms with Crippen molar-refractivity contribution in [3.05, 3.63) is 0 Å². The van der Waals surface area contributed by atoms with Crippen molar-refractivity contribution in [1.82, 2.24) is 0 Å². The van der Waals surface area contributed by atoms with Gasteiger partial charge in [0.05, 0.1) is 6.10 Å². The molecule has 0 saturated carbocycles. The van der Waals surface area contributed by atoms with Crippen LogP contribution in [0.1, 0.15) is 6.92 Å². The maximum atomic E-state index is 9.98. The number of aldehydes is 1. The van der Waals surface area contributed by atoms with E-state index >= 15 is 0 Å². The zero-order chi connectivity index (χ0) is 10.6. The zero-order valence-electron chi connectivity index (χ0n) is 7.11. The van der Waals surface area contributed by atoms with E-state index in [0.717, 1.165) is 0 Å². The molecule has 5 N–H and O–H groups in total. The number of carbonyl (C=O) groups is 1. The fourth-order valence-electron chi connectivity index (χ4n) is 0.770. The topological polar surface area (TPSA) is 118 Å². The van der Waals surface area contributed by atoms with Crippen LogP contribution >= 0.6 is 0 Å². The molecule has 6 nitrogen and oxygen atoms in total. The number of hydrogen-bond acceptors (Lipinski definition) is 6. The van der Waals surface area contributed by atoms with Crippen LogP contribution in [0.5, 0.6) is 0 Å². The molecule has 0 unspecified atom stereocenters. The van der Waals surface area contributed by atoms with Crippen LogP contribution in [0.3, 0.4) is 0 Å². The highest BCUT2D eigenvalue weighted by Crippen LogP contribution is 2.06. The van der Waals surface area contributed by atoms with E-state index in [0.29, 0.717) is 0 Å². The van der Waals surface area contributed by atoms with Crippen LogP contribution in [0.2, 0.25) is 0 Å². The predicted molar refractivity (Wildman–Crippen MR) is 41.8 cm³/mol. The van der Waals surface area contributed by atoms with Gasteiger partial charge < -0.3 is 30.3 Å². The Morgan fingerprint density at radius 2 is 1.38 bits per heavy atom. The monoisotopic (exact) mass is 194 g/mol. The minimum atomic E-state index is -1.80. The fourth-order valence-corrected chi connectivity index (χ4v) is 0.770. The summed E-state index contributed by atoms with van der Waals surface area (Å²) >= 11 is 0. The summed E-state index contributed by atoms with van der Waals surface area (Å²) in [6.07, 6.45) is -8.18. The quantitative estimate of drug-likeness (QED) is 0.298. The average Bonchev–Trinajstić information content (AvgIpc) is 2.12. The molecule has 0 saturated heterocycles. The lowest BCUT2D eigenvalue weighted by atomic mass is 10.0. The summed E-state index contributed by atoms with van der Waals surface area (Å²) < 4.78 is 0. The molecular weight excluding hydrogens is 180 g/mol. The molecule has 0 fully saturated rings. The largest absolute Gasteiger partial charge is 0.391 e. The van der Waals surface area contributed by atoms with E-state index in [-0.39, 0.29) is 6.29 Å². The molecule has 0 amide bonds. The van der Waals surface area contributed by atoms with E-state index < -0.39 is 30.5 Å². The molecule has 0 radical (unpaired) electrons. The van der Waals surface area contributed by atoms with Crippen LogP contribution in [-0.2, 0) is 4.79 Å². The Kier molecular flexibility index (Phi) is 5.04. The van der Waals surface area contributed by atoms with Crippen molar-refractivity contribution >= 4 is 6.29 Å². The standard InChI is InChI=1S/C7H14O6/c1-3(9)5(11)7(13)6(12)4(10)2-8/h2-7,9-13H,1H3/t3-,4+,5-,6-,7-/m1/s1. The predicted octanol–water partition coefficient (Wildman–Crippen LogP) is -2.99. The first kappa shape index (κ1) is 12.5. The van der Waals surface area contributed by atoms with Crippen molar-refractivity contribution in [2.75, 3.05) is 0 Å². The number of aliphatic hydroxyl groups is 5. The number of hydrogen-bond donors (Lipinski definition) is 5. The summed E-state index contributed by atoms with van der Waals surface area (Å²) in [4.78, 5) is 9.98. The highest BCUT2D eigenvalue weighted by Gasteiger charge is 2.32. The molecule has 13 heavy (non-hydrogen) atoms. The molecule has 0 aromatic rings. The summed E-state index contributed by atoms with van der Waals surface area (Å²) in [5.41, 5.74) is 0. The van der Waals surface area contributed by atoms with Gasteiger partial charge in [0.25, 0.3) is 0 Å². The van der Waals surface area contributed by atoms with Crippen LogP contribution in [0.15, 0.2) is 0 Å². The summed E-state index contributed by atoms with van der Waals surface area (Å²) in [6.45, 7) is 1.20. The molecule has 0 aliphatic carbocycles. The van der Waals surface area contributed by atoms with Gasteiger partial charge in [-0.05, 0) is 6.92 Å². The van der Waals surface area contributed by atoms with Gasteiger partial charge in [0, 0.05) is 0 Å². The Hall–Kier alpha value is -0.530. The van der Waals surface area contributed by atoms with Crippen LogP contribution in [0, 0.1) is 0 Å². The van der Waals surface area contributed by atoms with Gasteiger partial charge in [0.1, 0.15) is 24.4 Å². The molecule has 0 aliphatic heterocycles. The molecule has 0 rings (SSSR count). The van der Waals surface area contributed by atoms with Gasteiger partial charge in [-0.3, -0.25) is 0 Å². The maximum Gasteiger partial charge on any atom is 0.151 e. The van der Waals surface area contributed by atoms with Crippen LogP contribution in [-0.4, -0.2) is 62.3 Å². The van der Waals surface area contributed by atoms with Crippen molar-refractivity contribution in [3.63, 3.8) is 0 Å². The van der Waals surface area contributed by atoms with E-state index in [1.807, 2.05) is 0 Å². The molecule has 0 spiro atoms. The first-order chi connectivity index (χ1) is 5.91. The Bertz CT molecular complexity index is 159. The lowest BCUT2D eigenvalue weighted by Crippen LogP contribution is -2.48. The molecule has 0 heterocycles. The molecule has 0 aliphatic rings. The second-order valence-corrected chi connectivity index (χ2v) is 2.84. The van der Waals surface area contributed by atoms with Crippen LogP contribution < -0.4 is 0 Å². The van der Waals surface area contributed by atoms with Gasteiger partial charge >= 0.3 is 0 Å². The Morgan fingerprint density at radius 3 is 1.69 bits per heavy atom. The number of carbonyl (C=O) groups excluding carboxylic acids is 1. The first-order valence-electron chi connectivity index (χ1n) is 3.77. The highest BCUT2D eigenvalue weighted by molar-refractivity contribution is 5.56. The summed E-state index contributed by atoms with van der Waals surface area (Å²) in [6, 6.07) is 0. The van der Waals surface area contributed by atoms with Gasteiger partial charge in [0.2, 0.25) is 0 Å². The SMILES string of the molecule is C[C@@H](O)[C@@H](O)[C@@H](O)[C@H](O)[C@@H](O)C=O. The minimum absolute atomic E-state index is 0.0304. The van der Waals surface area contributed by atoms with Gasteiger partial charge in [-0.15, -0.1) is 0 Å². The van der Waals surface area contributed by atoms with Crippen molar-refractivity contribution in [3.8, 4) is 0 Å². The normalized spacial score (nSPS) is 22.9. The molecule has 78 valence electrons. The number of aliphatic hydroxyl groups excluding tert-OH is 5. The summed E-state index contributed by atoms with van der Waals surface area (Å²) in [5, 5.41) is 44.7. The van der Waals surface area contributed by atoms with E-state index in [2.05, 4.69) is 0 Å². The third-order valence-corrected chi connectivity index (χ3v) is 1.68. The Balaban J connectivity index is 4.23. The second kappa shape index (κ2) is 5.25. The molecular formula is C7H14O6. The lowest BCUT2D eigenvalue weighted by Gasteiger charge is -2.25.